The first-order valence-electron chi connectivity index (χ1n) is 10.8. The molecule has 32 heavy (non-hydrogen) atoms. The molecule has 1 saturated heterocycles. The SMILES string of the molecule is C=CCN1C(=O)/C(=C/c2cccc(OCCCOc3ccc(C(C)CC)cc3)c2)SC1=S. The number of carbonyl (C=O) groups is 1. The van der Waals surface area contributed by atoms with Crippen molar-refractivity contribution in [1.82, 2.24) is 4.90 Å². The standard InChI is InChI=1S/C26H29NO3S2/c1-4-14-27-25(28)24(32-26(27)31)18-20-8-6-9-23(17-20)30-16-7-15-29-22-12-10-21(11-13-22)19(3)5-2/h4,6,8-13,17-19H,1,5,7,14-16H2,2-3H3/b24-18-. The van der Waals surface area contributed by atoms with E-state index >= 15 is 0 Å². The zero-order valence-electron chi connectivity index (χ0n) is 18.6. The molecule has 168 valence electrons. The van der Waals surface area contributed by atoms with Crippen LogP contribution in [0.5, 0.6) is 11.5 Å². The molecule has 1 aliphatic rings. The summed E-state index contributed by atoms with van der Waals surface area (Å²) in [5.74, 6) is 2.13. The summed E-state index contributed by atoms with van der Waals surface area (Å²) in [5, 5.41) is 0. The van der Waals surface area contributed by atoms with Gasteiger partial charge in [0.25, 0.3) is 5.91 Å². The third-order valence-corrected chi connectivity index (χ3v) is 6.61. The Morgan fingerprint density at radius 3 is 2.53 bits per heavy atom. The summed E-state index contributed by atoms with van der Waals surface area (Å²) in [4.78, 5) is 14.6. The molecule has 0 N–H and O–H groups in total. The van der Waals surface area contributed by atoms with Gasteiger partial charge in [0.1, 0.15) is 15.8 Å². The lowest BCUT2D eigenvalue weighted by atomic mass is 9.99. The number of rotatable bonds is 11. The minimum Gasteiger partial charge on any atom is -0.493 e. The van der Waals surface area contributed by atoms with Crippen LogP contribution in [0, 0.1) is 0 Å². The van der Waals surface area contributed by atoms with E-state index in [2.05, 4.69) is 32.6 Å². The molecule has 0 radical (unpaired) electrons. The normalized spacial score (nSPS) is 15.8. The van der Waals surface area contributed by atoms with E-state index in [4.69, 9.17) is 21.7 Å². The highest BCUT2D eigenvalue weighted by molar-refractivity contribution is 8.26. The molecule has 0 aromatic heterocycles. The Kier molecular flexibility index (Phi) is 8.94. The zero-order chi connectivity index (χ0) is 22.9. The van der Waals surface area contributed by atoms with Crippen LogP contribution in [-0.2, 0) is 4.79 Å². The van der Waals surface area contributed by atoms with E-state index in [1.807, 2.05) is 42.5 Å². The van der Waals surface area contributed by atoms with Crippen molar-refractivity contribution in [2.45, 2.75) is 32.6 Å². The van der Waals surface area contributed by atoms with Gasteiger partial charge in [-0.1, -0.05) is 68.2 Å². The monoisotopic (exact) mass is 467 g/mol. The van der Waals surface area contributed by atoms with Crippen LogP contribution in [0.3, 0.4) is 0 Å². The summed E-state index contributed by atoms with van der Waals surface area (Å²) in [7, 11) is 0. The molecular weight excluding hydrogens is 438 g/mol. The molecule has 0 saturated carbocycles. The molecular formula is C26H29NO3S2. The van der Waals surface area contributed by atoms with Crippen LogP contribution < -0.4 is 9.47 Å². The molecule has 1 heterocycles. The fourth-order valence-electron chi connectivity index (χ4n) is 3.20. The largest absolute Gasteiger partial charge is 0.493 e. The maximum atomic E-state index is 12.5. The lowest BCUT2D eigenvalue weighted by molar-refractivity contribution is -0.121. The zero-order valence-corrected chi connectivity index (χ0v) is 20.2. The fourth-order valence-corrected chi connectivity index (χ4v) is 4.47. The molecule has 1 aliphatic heterocycles. The Bertz CT molecular complexity index is 985. The quantitative estimate of drug-likeness (QED) is 0.165. The highest BCUT2D eigenvalue weighted by atomic mass is 32.2. The van der Waals surface area contributed by atoms with E-state index in [-0.39, 0.29) is 5.91 Å². The molecule has 0 bridgehead atoms. The van der Waals surface area contributed by atoms with Gasteiger partial charge >= 0.3 is 0 Å². The topological polar surface area (TPSA) is 38.8 Å². The lowest BCUT2D eigenvalue weighted by Crippen LogP contribution is -2.27. The van der Waals surface area contributed by atoms with Gasteiger partial charge in [-0.15, -0.1) is 6.58 Å². The molecule has 2 aromatic carbocycles. The first-order chi connectivity index (χ1) is 15.5. The molecule has 0 aliphatic carbocycles. The van der Waals surface area contributed by atoms with E-state index in [1.165, 1.54) is 17.3 Å². The Morgan fingerprint density at radius 2 is 1.84 bits per heavy atom. The van der Waals surface area contributed by atoms with Crippen molar-refractivity contribution >= 4 is 40.3 Å². The Balaban J connectivity index is 1.47. The Morgan fingerprint density at radius 1 is 1.12 bits per heavy atom. The number of benzene rings is 2. The van der Waals surface area contributed by atoms with Crippen molar-refractivity contribution in [2.75, 3.05) is 19.8 Å². The van der Waals surface area contributed by atoms with Gasteiger partial charge in [-0.3, -0.25) is 9.69 Å². The first-order valence-corrected chi connectivity index (χ1v) is 12.1. The molecule has 2 aromatic rings. The van der Waals surface area contributed by atoms with Crippen LogP contribution in [-0.4, -0.2) is 34.9 Å². The van der Waals surface area contributed by atoms with Gasteiger partial charge in [-0.05, 0) is 53.8 Å². The highest BCUT2D eigenvalue weighted by Gasteiger charge is 2.30. The molecule has 1 amide bonds. The molecule has 1 fully saturated rings. The van der Waals surface area contributed by atoms with Gasteiger partial charge in [0.2, 0.25) is 0 Å². The minimum absolute atomic E-state index is 0.0828. The third kappa shape index (κ3) is 6.47. The molecule has 6 heteroatoms. The second-order valence-electron chi connectivity index (χ2n) is 7.58. The van der Waals surface area contributed by atoms with Gasteiger partial charge in [0.05, 0.1) is 18.1 Å². The van der Waals surface area contributed by atoms with E-state index in [9.17, 15) is 4.79 Å². The van der Waals surface area contributed by atoms with E-state index < -0.39 is 0 Å². The second kappa shape index (κ2) is 11.9. The molecule has 1 atom stereocenters. The van der Waals surface area contributed by atoms with Crippen molar-refractivity contribution in [3.63, 3.8) is 0 Å². The predicted molar refractivity (Wildman–Crippen MR) is 137 cm³/mol. The van der Waals surface area contributed by atoms with Gasteiger partial charge < -0.3 is 9.47 Å². The van der Waals surface area contributed by atoms with Gasteiger partial charge in [0, 0.05) is 13.0 Å². The van der Waals surface area contributed by atoms with Crippen LogP contribution in [0.15, 0.2) is 66.1 Å². The van der Waals surface area contributed by atoms with Crippen molar-refractivity contribution in [3.05, 3.63) is 77.2 Å². The summed E-state index contributed by atoms with van der Waals surface area (Å²) in [6.45, 7) is 9.67. The summed E-state index contributed by atoms with van der Waals surface area (Å²) >= 11 is 6.60. The number of thioether (sulfide) groups is 1. The molecule has 3 rings (SSSR count). The van der Waals surface area contributed by atoms with Crippen LogP contribution in [0.2, 0.25) is 0 Å². The molecule has 1 unspecified atom stereocenters. The summed E-state index contributed by atoms with van der Waals surface area (Å²) in [6.07, 6.45) is 5.43. The second-order valence-corrected chi connectivity index (χ2v) is 9.26. The number of hydrogen-bond donors (Lipinski definition) is 0. The Hall–Kier alpha value is -2.57. The van der Waals surface area contributed by atoms with Gasteiger partial charge in [-0.2, -0.15) is 0 Å². The lowest BCUT2D eigenvalue weighted by Gasteiger charge is -2.11. The maximum Gasteiger partial charge on any atom is 0.266 e. The van der Waals surface area contributed by atoms with E-state index in [0.29, 0.717) is 34.9 Å². The molecule has 4 nitrogen and oxygen atoms in total. The first kappa shape index (κ1) is 24.1. The highest BCUT2D eigenvalue weighted by Crippen LogP contribution is 2.32. The number of hydrogen-bond acceptors (Lipinski definition) is 5. The van der Waals surface area contributed by atoms with Crippen LogP contribution in [0.4, 0.5) is 0 Å². The number of carbonyl (C=O) groups excluding carboxylic acids is 1. The van der Waals surface area contributed by atoms with Crippen LogP contribution in [0.1, 0.15) is 43.7 Å². The van der Waals surface area contributed by atoms with Crippen molar-refractivity contribution in [2.24, 2.45) is 0 Å². The fraction of sp³-hybridized carbons (Fsp3) is 0.308. The van der Waals surface area contributed by atoms with Gasteiger partial charge in [0.15, 0.2) is 0 Å². The van der Waals surface area contributed by atoms with Crippen LogP contribution >= 0.6 is 24.0 Å². The van der Waals surface area contributed by atoms with E-state index in [1.54, 1.807) is 11.0 Å². The average Bonchev–Trinajstić information content (AvgIpc) is 3.06. The van der Waals surface area contributed by atoms with Crippen molar-refractivity contribution < 1.29 is 14.3 Å². The number of nitrogens with zero attached hydrogens (tertiary/aromatic N) is 1. The number of thiocarbonyl (C=S) groups is 1. The van der Waals surface area contributed by atoms with Crippen molar-refractivity contribution in [1.29, 1.82) is 0 Å². The van der Waals surface area contributed by atoms with E-state index in [0.717, 1.165) is 29.9 Å². The van der Waals surface area contributed by atoms with Crippen molar-refractivity contribution in [3.8, 4) is 11.5 Å². The maximum absolute atomic E-state index is 12.5. The van der Waals surface area contributed by atoms with Gasteiger partial charge in [-0.25, -0.2) is 0 Å². The van der Waals surface area contributed by atoms with Crippen LogP contribution in [0.25, 0.3) is 6.08 Å². The Labute approximate surface area is 200 Å². The number of amides is 1. The number of ether oxygens (including phenoxy) is 2. The molecule has 0 spiro atoms. The third-order valence-electron chi connectivity index (χ3n) is 5.23. The summed E-state index contributed by atoms with van der Waals surface area (Å²) in [6, 6.07) is 16.0. The minimum atomic E-state index is -0.0828. The predicted octanol–water partition coefficient (Wildman–Crippen LogP) is 6.44. The summed E-state index contributed by atoms with van der Waals surface area (Å²) in [5.41, 5.74) is 2.24. The average molecular weight is 468 g/mol. The smallest absolute Gasteiger partial charge is 0.266 e. The summed E-state index contributed by atoms with van der Waals surface area (Å²) < 4.78 is 12.3.